The maximum absolute atomic E-state index is 11.3. The Morgan fingerprint density at radius 1 is 0.750 bits per heavy atom. The minimum Gasteiger partial charge on any atom is -0.398 e. The number of hydrogen-bond donors (Lipinski definition) is 3. The molecule has 0 heterocycles. The van der Waals surface area contributed by atoms with Crippen LogP contribution < -0.4 is 17.2 Å². The molecule has 0 radical (unpaired) electrons. The largest absolute Gasteiger partial charge is 0.398 e. The summed E-state index contributed by atoms with van der Waals surface area (Å²) in [6, 6.07) is 0. The quantitative estimate of drug-likeness (QED) is 0.542. The summed E-state index contributed by atoms with van der Waals surface area (Å²) in [4.78, 5) is 11.3. The molecule has 0 aliphatic heterocycles. The number of anilines is 3. The summed E-state index contributed by atoms with van der Waals surface area (Å²) in [5.41, 5.74) is 21.7. The molecule has 20 heavy (non-hydrogen) atoms. The van der Waals surface area contributed by atoms with E-state index in [1.54, 1.807) is 0 Å². The summed E-state index contributed by atoms with van der Waals surface area (Å²) in [6.07, 6.45) is 0.704. The molecule has 0 saturated carbocycles. The van der Waals surface area contributed by atoms with Gasteiger partial charge in [-0.15, -0.1) is 0 Å². The zero-order valence-corrected chi connectivity index (χ0v) is 13.2. The average Bonchev–Trinajstić information content (AvgIpc) is 2.42. The molecule has 110 valence electrons. The summed E-state index contributed by atoms with van der Waals surface area (Å²) in [5.74, 6) is 0. The Bertz CT molecular complexity index is 613. The SMILES string of the molecule is CC1(C)c2c(N)c(N)c(C=O)c(N)c2C(C)(C)C1(C)C. The van der Waals surface area contributed by atoms with Crippen LogP contribution in [-0.2, 0) is 10.8 Å². The molecule has 1 aromatic rings. The van der Waals surface area contributed by atoms with E-state index in [0.717, 1.165) is 11.1 Å². The molecular formula is C16H25N3O. The highest BCUT2D eigenvalue weighted by Crippen LogP contribution is 2.65. The zero-order valence-electron chi connectivity index (χ0n) is 13.2. The second-order valence-corrected chi connectivity index (χ2v) is 7.40. The third kappa shape index (κ3) is 1.29. The van der Waals surface area contributed by atoms with Crippen molar-refractivity contribution in [1.82, 2.24) is 0 Å². The van der Waals surface area contributed by atoms with Gasteiger partial charge in [-0.2, -0.15) is 0 Å². The lowest BCUT2D eigenvalue weighted by Crippen LogP contribution is -2.42. The standard InChI is InChI=1S/C16H25N3O/c1-14(2)9-10(15(3,4)16(14,5)6)13(19)12(18)8(7-20)11(9)17/h7H,17-19H2,1-6H3. The molecule has 4 heteroatoms. The molecule has 2 rings (SSSR count). The molecule has 4 nitrogen and oxygen atoms in total. The highest BCUT2D eigenvalue weighted by Gasteiger charge is 2.59. The Morgan fingerprint density at radius 3 is 1.55 bits per heavy atom. The van der Waals surface area contributed by atoms with Gasteiger partial charge in [0.25, 0.3) is 0 Å². The summed E-state index contributed by atoms with van der Waals surface area (Å²) >= 11 is 0. The van der Waals surface area contributed by atoms with Crippen LogP contribution >= 0.6 is 0 Å². The van der Waals surface area contributed by atoms with Crippen LogP contribution in [-0.4, -0.2) is 6.29 Å². The van der Waals surface area contributed by atoms with E-state index >= 15 is 0 Å². The number of fused-ring (bicyclic) bond motifs is 1. The molecule has 0 bridgehead atoms. The number of nitrogens with two attached hydrogens (primary N) is 3. The molecule has 0 atom stereocenters. The number of nitrogen functional groups attached to an aromatic ring is 3. The molecule has 0 spiro atoms. The first-order chi connectivity index (χ1) is 8.92. The lowest BCUT2D eigenvalue weighted by atomic mass is 9.59. The van der Waals surface area contributed by atoms with Crippen LogP contribution in [0.25, 0.3) is 0 Å². The monoisotopic (exact) mass is 275 g/mol. The first-order valence-electron chi connectivity index (χ1n) is 6.89. The summed E-state index contributed by atoms with van der Waals surface area (Å²) in [5, 5.41) is 0. The highest BCUT2D eigenvalue weighted by atomic mass is 16.1. The third-order valence-electron chi connectivity index (χ3n) is 6.15. The van der Waals surface area contributed by atoms with Gasteiger partial charge in [-0.25, -0.2) is 0 Å². The topological polar surface area (TPSA) is 95.1 Å². The average molecular weight is 275 g/mol. The third-order valence-corrected chi connectivity index (χ3v) is 6.15. The van der Waals surface area contributed by atoms with Crippen LogP contribution in [0.4, 0.5) is 17.1 Å². The number of aldehydes is 1. The minimum atomic E-state index is -0.199. The predicted octanol–water partition coefficient (Wildman–Crippen LogP) is 2.84. The van der Waals surface area contributed by atoms with Crippen LogP contribution in [0.15, 0.2) is 0 Å². The normalized spacial score (nSPS) is 21.5. The molecule has 0 amide bonds. The van der Waals surface area contributed by atoms with Gasteiger partial charge in [0.1, 0.15) is 0 Å². The predicted molar refractivity (Wildman–Crippen MR) is 84.9 cm³/mol. The second kappa shape index (κ2) is 3.68. The Labute approximate surface area is 120 Å². The Morgan fingerprint density at radius 2 is 1.15 bits per heavy atom. The van der Waals surface area contributed by atoms with Crippen molar-refractivity contribution in [2.75, 3.05) is 17.2 Å². The molecule has 1 aromatic carbocycles. The number of carbonyl (C=O) groups is 1. The first kappa shape index (κ1) is 14.7. The molecule has 0 aromatic heterocycles. The van der Waals surface area contributed by atoms with Gasteiger partial charge in [0.15, 0.2) is 6.29 Å². The van der Waals surface area contributed by atoms with Crippen molar-refractivity contribution in [3.8, 4) is 0 Å². The lowest BCUT2D eigenvalue weighted by molar-refractivity contribution is 0.112. The van der Waals surface area contributed by atoms with E-state index in [4.69, 9.17) is 17.2 Å². The van der Waals surface area contributed by atoms with E-state index < -0.39 is 0 Å². The van der Waals surface area contributed by atoms with E-state index in [9.17, 15) is 4.79 Å². The summed E-state index contributed by atoms with van der Waals surface area (Å²) in [6.45, 7) is 13.1. The molecule has 1 aliphatic carbocycles. The summed E-state index contributed by atoms with van der Waals surface area (Å²) in [7, 11) is 0. The smallest absolute Gasteiger partial charge is 0.154 e. The van der Waals surface area contributed by atoms with Crippen molar-refractivity contribution < 1.29 is 4.79 Å². The highest BCUT2D eigenvalue weighted by molar-refractivity contribution is 5.99. The Balaban J connectivity index is 3.05. The number of carbonyl (C=O) groups excluding carboxylic acids is 1. The molecule has 1 aliphatic rings. The van der Waals surface area contributed by atoms with Crippen molar-refractivity contribution >= 4 is 23.3 Å². The lowest BCUT2D eigenvalue weighted by Gasteiger charge is -2.44. The van der Waals surface area contributed by atoms with Crippen LogP contribution in [0.5, 0.6) is 0 Å². The number of hydrogen-bond acceptors (Lipinski definition) is 4. The minimum absolute atomic E-state index is 0.0709. The van der Waals surface area contributed by atoms with Gasteiger partial charge in [0.2, 0.25) is 0 Å². The van der Waals surface area contributed by atoms with Crippen molar-refractivity contribution in [3.05, 3.63) is 16.7 Å². The first-order valence-corrected chi connectivity index (χ1v) is 6.89. The molecule has 0 fully saturated rings. The van der Waals surface area contributed by atoms with Gasteiger partial charge in [-0.3, -0.25) is 4.79 Å². The van der Waals surface area contributed by atoms with Crippen LogP contribution in [0.1, 0.15) is 63.0 Å². The number of benzene rings is 1. The summed E-state index contributed by atoms with van der Waals surface area (Å²) < 4.78 is 0. The molecule has 0 unspecified atom stereocenters. The van der Waals surface area contributed by atoms with Crippen LogP contribution in [0, 0.1) is 5.41 Å². The zero-order chi connectivity index (χ0) is 15.7. The van der Waals surface area contributed by atoms with Gasteiger partial charge in [-0.1, -0.05) is 41.5 Å². The number of rotatable bonds is 1. The van der Waals surface area contributed by atoms with Gasteiger partial charge < -0.3 is 17.2 Å². The van der Waals surface area contributed by atoms with E-state index in [0.29, 0.717) is 28.9 Å². The Hall–Kier alpha value is -1.71. The maximum atomic E-state index is 11.3. The molecule has 0 saturated heterocycles. The van der Waals surface area contributed by atoms with Crippen molar-refractivity contribution in [2.45, 2.75) is 52.4 Å². The van der Waals surface area contributed by atoms with E-state index in [2.05, 4.69) is 41.5 Å². The fourth-order valence-electron chi connectivity index (χ4n) is 3.66. The van der Waals surface area contributed by atoms with Gasteiger partial charge in [-0.05, 0) is 27.4 Å². The van der Waals surface area contributed by atoms with Crippen molar-refractivity contribution in [1.29, 1.82) is 0 Å². The second-order valence-electron chi connectivity index (χ2n) is 7.40. The van der Waals surface area contributed by atoms with E-state index in [1.807, 2.05) is 0 Å². The van der Waals surface area contributed by atoms with Crippen LogP contribution in [0.3, 0.4) is 0 Å². The van der Waals surface area contributed by atoms with E-state index in [-0.39, 0.29) is 16.2 Å². The van der Waals surface area contributed by atoms with Crippen LogP contribution in [0.2, 0.25) is 0 Å². The van der Waals surface area contributed by atoms with Gasteiger partial charge in [0.05, 0.1) is 16.9 Å². The fraction of sp³-hybridized carbons (Fsp3) is 0.562. The molecular weight excluding hydrogens is 250 g/mol. The molecule has 6 N–H and O–H groups in total. The van der Waals surface area contributed by atoms with Crippen molar-refractivity contribution in [2.24, 2.45) is 5.41 Å². The van der Waals surface area contributed by atoms with Crippen molar-refractivity contribution in [3.63, 3.8) is 0 Å². The maximum Gasteiger partial charge on any atom is 0.154 e. The fourth-order valence-corrected chi connectivity index (χ4v) is 3.66. The van der Waals surface area contributed by atoms with E-state index in [1.165, 1.54) is 0 Å². The Kier molecular flexibility index (Phi) is 2.71. The van der Waals surface area contributed by atoms with Gasteiger partial charge >= 0.3 is 0 Å². The van der Waals surface area contributed by atoms with Gasteiger partial charge in [0, 0.05) is 5.69 Å².